The zero-order valence-electron chi connectivity index (χ0n) is 7.22. The van der Waals surface area contributed by atoms with Crippen molar-refractivity contribution in [1.82, 2.24) is 9.97 Å². The monoisotopic (exact) mass is 360 g/mol. The van der Waals surface area contributed by atoms with E-state index in [1.54, 1.807) is 12.4 Å². The molecule has 0 saturated heterocycles. The van der Waals surface area contributed by atoms with Crippen LogP contribution in [0.1, 0.15) is 0 Å². The van der Waals surface area contributed by atoms with Gasteiger partial charge in [0.15, 0.2) is 0 Å². The smallest absolute Gasteiger partial charge is 0.0886 e. The van der Waals surface area contributed by atoms with Gasteiger partial charge < -0.3 is 0 Å². The maximum atomic E-state index is 4.19. The van der Waals surface area contributed by atoms with Crippen molar-refractivity contribution < 1.29 is 39.0 Å². The van der Waals surface area contributed by atoms with Crippen LogP contribution in [0.5, 0.6) is 0 Å². The third-order valence-electron chi connectivity index (χ3n) is 1.59. The molecule has 0 N–H and O–H groups in total. The normalized spacial score (nSPS) is 8.29. The minimum atomic E-state index is 0. The van der Waals surface area contributed by atoms with Gasteiger partial charge in [-0.3, -0.25) is 9.97 Å². The average Bonchev–Trinajstić information content (AvgIpc) is 2.21. The predicted molar refractivity (Wildman–Crippen MR) is 47.5 cm³/mol. The first-order chi connectivity index (χ1) is 5.97. The minimum absolute atomic E-state index is 0. The van der Waals surface area contributed by atoms with Crippen LogP contribution in [0.15, 0.2) is 48.8 Å². The molecule has 0 amide bonds. The Labute approximate surface area is 109 Å². The molecule has 2 heterocycles. The SMILES string of the molecule is [Ru].[Ru].c1ccc(-c2ccccn2)nc1. The summed E-state index contributed by atoms with van der Waals surface area (Å²) >= 11 is 0. The number of hydrogen-bond donors (Lipinski definition) is 0. The van der Waals surface area contributed by atoms with Crippen LogP contribution in [0.25, 0.3) is 11.4 Å². The molecule has 0 bridgehead atoms. The van der Waals surface area contributed by atoms with Crippen LogP contribution >= 0.6 is 0 Å². The summed E-state index contributed by atoms with van der Waals surface area (Å²) < 4.78 is 0. The molecule has 0 unspecified atom stereocenters. The summed E-state index contributed by atoms with van der Waals surface area (Å²) in [6, 6.07) is 11.6. The Hall–Kier alpha value is -0.453. The third-order valence-corrected chi connectivity index (χ3v) is 1.59. The molecule has 14 heavy (non-hydrogen) atoms. The first kappa shape index (κ1) is 13.5. The summed E-state index contributed by atoms with van der Waals surface area (Å²) in [7, 11) is 0. The molecule has 2 nitrogen and oxygen atoms in total. The van der Waals surface area contributed by atoms with Gasteiger partial charge in [0.25, 0.3) is 0 Å². The van der Waals surface area contributed by atoms with Crippen LogP contribution in [0, 0.1) is 0 Å². The van der Waals surface area contributed by atoms with E-state index >= 15 is 0 Å². The Balaban J connectivity index is 0.000000845. The van der Waals surface area contributed by atoms with E-state index in [4.69, 9.17) is 0 Å². The van der Waals surface area contributed by atoms with Crippen molar-refractivity contribution in [3.05, 3.63) is 48.8 Å². The second kappa shape index (κ2) is 6.92. The minimum Gasteiger partial charge on any atom is -0.255 e. The summed E-state index contributed by atoms with van der Waals surface area (Å²) in [6.45, 7) is 0. The molecule has 0 radical (unpaired) electrons. The van der Waals surface area contributed by atoms with Crippen LogP contribution in [0.3, 0.4) is 0 Å². The summed E-state index contributed by atoms with van der Waals surface area (Å²) in [5.41, 5.74) is 1.83. The molecule has 74 valence electrons. The zero-order valence-corrected chi connectivity index (χ0v) is 10.7. The summed E-state index contributed by atoms with van der Waals surface area (Å²) in [5, 5.41) is 0. The predicted octanol–water partition coefficient (Wildman–Crippen LogP) is 2.14. The van der Waals surface area contributed by atoms with Gasteiger partial charge in [0.1, 0.15) is 0 Å². The molecule has 4 heteroatoms. The van der Waals surface area contributed by atoms with Gasteiger partial charge in [0.2, 0.25) is 0 Å². The van der Waals surface area contributed by atoms with Crippen molar-refractivity contribution in [2.75, 3.05) is 0 Å². The largest absolute Gasteiger partial charge is 0.255 e. The molecule has 0 saturated carbocycles. The second-order valence-corrected chi connectivity index (χ2v) is 2.43. The molecule has 0 aromatic carbocycles. The summed E-state index contributed by atoms with van der Waals surface area (Å²) in [6.07, 6.45) is 3.54. The maximum Gasteiger partial charge on any atom is 0.0886 e. The van der Waals surface area contributed by atoms with E-state index in [1.807, 2.05) is 36.4 Å². The molecule has 2 aromatic rings. The topological polar surface area (TPSA) is 25.8 Å². The number of rotatable bonds is 1. The van der Waals surface area contributed by atoms with Crippen LogP contribution in [0.2, 0.25) is 0 Å². The van der Waals surface area contributed by atoms with Crippen LogP contribution in [0.4, 0.5) is 0 Å². The standard InChI is InChI=1S/C10H8N2.2Ru/c1-3-7-11-9(5-1)10-6-2-4-8-12-10;;/h1-8H;;. The number of hydrogen-bond acceptors (Lipinski definition) is 2. The first-order valence-electron chi connectivity index (χ1n) is 3.79. The number of nitrogens with zero attached hydrogens (tertiary/aromatic N) is 2. The molecule has 0 aliphatic carbocycles. The van der Waals surface area contributed by atoms with Gasteiger partial charge in [-0.1, -0.05) is 12.1 Å². The van der Waals surface area contributed by atoms with E-state index in [-0.39, 0.29) is 39.0 Å². The summed E-state index contributed by atoms with van der Waals surface area (Å²) in [4.78, 5) is 8.37. The first-order valence-corrected chi connectivity index (χ1v) is 3.79. The van der Waals surface area contributed by atoms with Crippen molar-refractivity contribution in [3.63, 3.8) is 0 Å². The van der Waals surface area contributed by atoms with Gasteiger partial charge in [0.05, 0.1) is 11.4 Å². The Morgan fingerprint density at radius 2 is 1.07 bits per heavy atom. The van der Waals surface area contributed by atoms with E-state index in [9.17, 15) is 0 Å². The fourth-order valence-corrected chi connectivity index (χ4v) is 1.03. The molecular weight excluding hydrogens is 350 g/mol. The van der Waals surface area contributed by atoms with E-state index in [1.165, 1.54) is 0 Å². The van der Waals surface area contributed by atoms with Gasteiger partial charge in [-0.2, -0.15) is 0 Å². The van der Waals surface area contributed by atoms with E-state index in [2.05, 4.69) is 9.97 Å². The molecule has 0 aliphatic rings. The van der Waals surface area contributed by atoms with Gasteiger partial charge >= 0.3 is 0 Å². The van der Waals surface area contributed by atoms with Gasteiger partial charge in [-0.05, 0) is 24.3 Å². The Kier molecular flexibility index (Phi) is 6.70. The third kappa shape index (κ3) is 3.36. The van der Waals surface area contributed by atoms with Gasteiger partial charge in [0, 0.05) is 51.3 Å². The Bertz CT molecular complexity index is 314. The number of pyridine rings is 2. The summed E-state index contributed by atoms with van der Waals surface area (Å²) in [5.74, 6) is 0. The zero-order chi connectivity index (χ0) is 8.23. The molecule has 2 rings (SSSR count). The Morgan fingerprint density at radius 3 is 1.36 bits per heavy atom. The van der Waals surface area contributed by atoms with Crippen LogP contribution in [-0.4, -0.2) is 9.97 Å². The van der Waals surface area contributed by atoms with E-state index in [0.29, 0.717) is 0 Å². The van der Waals surface area contributed by atoms with Crippen molar-refractivity contribution in [2.24, 2.45) is 0 Å². The fraction of sp³-hybridized carbons (Fsp3) is 0. The van der Waals surface area contributed by atoms with Crippen molar-refractivity contribution >= 4 is 0 Å². The fourth-order valence-electron chi connectivity index (χ4n) is 1.03. The Morgan fingerprint density at radius 1 is 0.643 bits per heavy atom. The van der Waals surface area contributed by atoms with E-state index in [0.717, 1.165) is 11.4 Å². The van der Waals surface area contributed by atoms with Crippen molar-refractivity contribution in [2.45, 2.75) is 0 Å². The molecule has 0 aliphatic heterocycles. The molecule has 0 atom stereocenters. The van der Waals surface area contributed by atoms with Crippen molar-refractivity contribution in [1.29, 1.82) is 0 Å². The van der Waals surface area contributed by atoms with Crippen LogP contribution < -0.4 is 0 Å². The molecule has 0 fully saturated rings. The van der Waals surface area contributed by atoms with Gasteiger partial charge in [-0.25, -0.2) is 0 Å². The number of aromatic nitrogens is 2. The quantitative estimate of drug-likeness (QED) is 0.730. The maximum absolute atomic E-state index is 4.19. The molecular formula is C10H8N2Ru2. The average molecular weight is 358 g/mol. The van der Waals surface area contributed by atoms with Gasteiger partial charge in [-0.15, -0.1) is 0 Å². The van der Waals surface area contributed by atoms with Crippen LogP contribution in [-0.2, 0) is 39.0 Å². The van der Waals surface area contributed by atoms with Crippen molar-refractivity contribution in [3.8, 4) is 11.4 Å². The second-order valence-electron chi connectivity index (χ2n) is 2.43. The molecule has 0 spiro atoms. The van der Waals surface area contributed by atoms with E-state index < -0.39 is 0 Å². The molecule has 2 aromatic heterocycles.